The SMILES string of the molecule is COC(C)CN(Cc1ccc(O)c2c1C[C@H]1C[C@H]3[C@@H](N(C)C)C(=O)C(C(N)=O)=C(O)[C@@]3(O)C(=O)C1=C2O)CC(OC)OC. The zero-order chi connectivity index (χ0) is 32.0. The van der Waals surface area contributed by atoms with Crippen LogP contribution in [-0.2, 0) is 41.6 Å². The molecule has 0 bridgehead atoms. The van der Waals surface area contributed by atoms with Crippen molar-refractivity contribution in [3.05, 3.63) is 45.7 Å². The molecule has 13 heteroatoms. The number of amides is 1. The van der Waals surface area contributed by atoms with Gasteiger partial charge in [0.1, 0.15) is 22.8 Å². The standard InChI is InChI=1S/C30H41N3O10/c1-14(41-4)11-33(13-20(42-5)43-6)12-15-7-8-19(34)22-17(15)9-16-10-18-24(32(2)3)26(36)23(29(31)39)28(38)30(18,40)27(37)21(16)25(22)35/h7-8,14,16,18,20,24,34-35,38,40H,9-13H2,1-6H3,(H2,31,39)/t14?,16-,18-,24+,30-/m0/s1. The normalized spacial score (nSPS) is 26.2. The zero-order valence-corrected chi connectivity index (χ0v) is 25.3. The van der Waals surface area contributed by atoms with Crippen molar-refractivity contribution >= 4 is 23.2 Å². The van der Waals surface area contributed by atoms with Gasteiger partial charge in [-0.05, 0) is 57.0 Å². The van der Waals surface area contributed by atoms with Crippen molar-refractivity contribution in [3.8, 4) is 5.75 Å². The first-order valence-electron chi connectivity index (χ1n) is 14.0. The average Bonchev–Trinajstić information content (AvgIpc) is 2.94. The Bertz CT molecular complexity index is 1370. The van der Waals surface area contributed by atoms with Gasteiger partial charge in [0.15, 0.2) is 17.7 Å². The second-order valence-corrected chi connectivity index (χ2v) is 11.7. The summed E-state index contributed by atoms with van der Waals surface area (Å²) in [6.07, 6.45) is -0.443. The lowest BCUT2D eigenvalue weighted by Gasteiger charge is -2.50. The molecule has 6 N–H and O–H groups in total. The summed E-state index contributed by atoms with van der Waals surface area (Å²) in [5.74, 6) is -6.84. The predicted octanol–water partition coefficient (Wildman–Crippen LogP) is 0.420. The van der Waals surface area contributed by atoms with Crippen LogP contribution in [0.3, 0.4) is 0 Å². The maximum Gasteiger partial charge on any atom is 0.255 e. The highest BCUT2D eigenvalue weighted by molar-refractivity contribution is 6.24. The Balaban J connectivity index is 1.84. The van der Waals surface area contributed by atoms with E-state index in [1.807, 2.05) is 6.92 Å². The number of nitrogens with two attached hydrogens (primary N) is 1. The number of ketones is 2. The summed E-state index contributed by atoms with van der Waals surface area (Å²) in [6, 6.07) is 2.02. The van der Waals surface area contributed by atoms with E-state index in [1.54, 1.807) is 27.3 Å². The monoisotopic (exact) mass is 603 g/mol. The maximum atomic E-state index is 14.0. The number of phenolic OH excluding ortho intramolecular Hbond substituents is 1. The molecule has 5 atom stereocenters. The van der Waals surface area contributed by atoms with Crippen LogP contribution in [0.2, 0.25) is 0 Å². The van der Waals surface area contributed by atoms with Gasteiger partial charge in [-0.3, -0.25) is 24.2 Å². The molecule has 0 aromatic heterocycles. The van der Waals surface area contributed by atoms with Crippen molar-refractivity contribution in [3.63, 3.8) is 0 Å². The van der Waals surface area contributed by atoms with E-state index >= 15 is 0 Å². The number of phenols is 1. The second-order valence-electron chi connectivity index (χ2n) is 11.7. The van der Waals surface area contributed by atoms with Crippen LogP contribution in [-0.4, -0.2) is 120 Å². The summed E-state index contributed by atoms with van der Waals surface area (Å²) in [5, 5.41) is 45.1. The van der Waals surface area contributed by atoms with Gasteiger partial charge in [0.25, 0.3) is 5.91 Å². The Morgan fingerprint density at radius 1 is 1.09 bits per heavy atom. The van der Waals surface area contributed by atoms with E-state index in [2.05, 4.69) is 4.90 Å². The van der Waals surface area contributed by atoms with Gasteiger partial charge in [0.05, 0.1) is 17.7 Å². The number of ether oxygens (including phenoxy) is 3. The number of carbonyl (C=O) groups is 3. The molecule has 0 radical (unpaired) electrons. The molecule has 1 amide bonds. The fourth-order valence-corrected chi connectivity index (χ4v) is 6.80. The number of nitrogens with zero attached hydrogens (tertiary/aromatic N) is 2. The summed E-state index contributed by atoms with van der Waals surface area (Å²) in [6.45, 7) is 3.19. The molecular weight excluding hydrogens is 562 g/mol. The number of rotatable bonds is 11. The highest BCUT2D eigenvalue weighted by atomic mass is 16.7. The lowest BCUT2D eigenvalue weighted by molar-refractivity contribution is -0.153. The topological polar surface area (TPSA) is 192 Å². The molecule has 1 saturated carbocycles. The Morgan fingerprint density at radius 3 is 2.30 bits per heavy atom. The molecule has 1 aromatic carbocycles. The minimum absolute atomic E-state index is 0.0146. The lowest BCUT2D eigenvalue weighted by atomic mass is 9.57. The number of hydrogen-bond donors (Lipinski definition) is 5. The van der Waals surface area contributed by atoms with Crippen molar-refractivity contribution < 1.29 is 49.0 Å². The average molecular weight is 604 g/mol. The minimum Gasteiger partial charge on any atom is -0.508 e. The number of aliphatic hydroxyl groups excluding tert-OH is 2. The first kappa shape index (κ1) is 32.6. The summed E-state index contributed by atoms with van der Waals surface area (Å²) in [5.41, 5.74) is 3.08. The fraction of sp³-hybridized carbons (Fsp3) is 0.567. The van der Waals surface area contributed by atoms with Gasteiger partial charge in [-0.2, -0.15) is 0 Å². The van der Waals surface area contributed by atoms with Crippen LogP contribution in [0.4, 0.5) is 0 Å². The molecule has 3 aliphatic carbocycles. The molecule has 1 fully saturated rings. The van der Waals surface area contributed by atoms with Gasteiger partial charge in [0.2, 0.25) is 5.78 Å². The van der Waals surface area contributed by atoms with Gasteiger partial charge < -0.3 is 40.4 Å². The third-order valence-corrected chi connectivity index (χ3v) is 8.95. The van der Waals surface area contributed by atoms with E-state index in [-0.39, 0.29) is 35.8 Å². The van der Waals surface area contributed by atoms with Gasteiger partial charge >= 0.3 is 0 Å². The van der Waals surface area contributed by atoms with Gasteiger partial charge in [-0.1, -0.05) is 6.07 Å². The molecule has 0 spiro atoms. The van der Waals surface area contributed by atoms with E-state index in [9.17, 15) is 34.8 Å². The summed E-state index contributed by atoms with van der Waals surface area (Å²) < 4.78 is 16.3. The number of aromatic hydroxyl groups is 1. The number of fused-ring (bicyclic) bond motifs is 3. The van der Waals surface area contributed by atoms with Crippen LogP contribution in [0.15, 0.2) is 29.0 Å². The van der Waals surface area contributed by atoms with Crippen LogP contribution >= 0.6 is 0 Å². The number of likely N-dealkylation sites (N-methyl/N-ethyl adjacent to an activating group) is 1. The third kappa shape index (κ3) is 5.45. The van der Waals surface area contributed by atoms with Crippen molar-refractivity contribution in [1.82, 2.24) is 9.80 Å². The van der Waals surface area contributed by atoms with Crippen LogP contribution in [0.25, 0.3) is 5.76 Å². The summed E-state index contributed by atoms with van der Waals surface area (Å²) >= 11 is 0. The molecular formula is C30H41N3O10. The molecule has 0 saturated heterocycles. The number of primary amides is 1. The molecule has 236 valence electrons. The van der Waals surface area contributed by atoms with Gasteiger partial charge in [0, 0.05) is 52.5 Å². The van der Waals surface area contributed by atoms with Crippen molar-refractivity contribution in [2.45, 2.75) is 50.3 Å². The Morgan fingerprint density at radius 2 is 1.74 bits per heavy atom. The molecule has 3 aliphatic rings. The van der Waals surface area contributed by atoms with E-state index in [4.69, 9.17) is 19.9 Å². The first-order chi connectivity index (χ1) is 20.2. The van der Waals surface area contributed by atoms with Crippen LogP contribution < -0.4 is 5.73 Å². The third-order valence-electron chi connectivity index (χ3n) is 8.95. The van der Waals surface area contributed by atoms with Crippen molar-refractivity contribution in [2.24, 2.45) is 17.6 Å². The van der Waals surface area contributed by atoms with Crippen molar-refractivity contribution in [2.75, 3.05) is 48.5 Å². The molecule has 0 aliphatic heterocycles. The number of carbonyl (C=O) groups excluding carboxylic acids is 3. The maximum absolute atomic E-state index is 14.0. The minimum atomic E-state index is -2.68. The molecule has 1 unspecified atom stereocenters. The largest absolute Gasteiger partial charge is 0.508 e. The molecule has 1 aromatic rings. The number of Topliss-reactive ketones (excluding diaryl/α,β-unsaturated/α-hetero) is 2. The van der Waals surface area contributed by atoms with Crippen LogP contribution in [0.5, 0.6) is 5.75 Å². The lowest BCUT2D eigenvalue weighted by Crippen LogP contribution is -2.65. The molecule has 43 heavy (non-hydrogen) atoms. The van der Waals surface area contributed by atoms with Crippen LogP contribution in [0, 0.1) is 11.8 Å². The van der Waals surface area contributed by atoms with E-state index < -0.39 is 64.3 Å². The highest BCUT2D eigenvalue weighted by Gasteiger charge is 2.64. The molecule has 0 heterocycles. The van der Waals surface area contributed by atoms with E-state index in [1.165, 1.54) is 25.2 Å². The molecule has 13 nitrogen and oxygen atoms in total. The first-order valence-corrected chi connectivity index (χ1v) is 14.0. The number of methoxy groups -OCH3 is 3. The van der Waals surface area contributed by atoms with E-state index in [0.29, 0.717) is 25.2 Å². The zero-order valence-electron chi connectivity index (χ0n) is 25.3. The number of benzene rings is 1. The van der Waals surface area contributed by atoms with Crippen LogP contribution in [0.1, 0.15) is 30.0 Å². The summed E-state index contributed by atoms with van der Waals surface area (Å²) in [4.78, 5) is 43.0. The quantitative estimate of drug-likeness (QED) is 0.173. The van der Waals surface area contributed by atoms with Crippen molar-refractivity contribution in [1.29, 1.82) is 0 Å². The predicted molar refractivity (Wildman–Crippen MR) is 154 cm³/mol. The number of hydrogen-bond acceptors (Lipinski definition) is 12. The number of aliphatic hydroxyl groups is 3. The van der Waals surface area contributed by atoms with Gasteiger partial charge in [-0.15, -0.1) is 0 Å². The summed E-state index contributed by atoms with van der Waals surface area (Å²) in [7, 11) is 7.81. The van der Waals surface area contributed by atoms with Gasteiger partial charge in [-0.25, -0.2) is 0 Å². The second kappa shape index (κ2) is 12.3. The molecule has 4 rings (SSSR count). The Kier molecular flexibility index (Phi) is 9.35. The Labute approximate surface area is 250 Å². The highest BCUT2D eigenvalue weighted by Crippen LogP contribution is 2.53. The van der Waals surface area contributed by atoms with E-state index in [0.717, 1.165) is 5.56 Å². The smallest absolute Gasteiger partial charge is 0.255 e. The Hall–Kier alpha value is -3.33. The fourth-order valence-electron chi connectivity index (χ4n) is 6.80.